The molecular weight excluding hydrogens is 327 g/mol. The number of rotatable bonds is 3. The smallest absolute Gasteiger partial charge is 0.129 e. The molecular formula is C21H29FN4. The largest absolute Gasteiger partial charge is 0.325 e. The highest BCUT2D eigenvalue weighted by molar-refractivity contribution is 5.60. The third-order valence-corrected chi connectivity index (χ3v) is 6.33. The number of hydrogen-bond donors (Lipinski definition) is 0. The Morgan fingerprint density at radius 2 is 1.92 bits per heavy atom. The van der Waals surface area contributed by atoms with Crippen molar-refractivity contribution in [3.8, 4) is 11.3 Å². The highest BCUT2D eigenvalue weighted by atomic mass is 19.1. The molecule has 5 heteroatoms. The van der Waals surface area contributed by atoms with Crippen molar-refractivity contribution in [2.24, 2.45) is 0 Å². The van der Waals surface area contributed by atoms with E-state index in [1.165, 1.54) is 11.9 Å². The molecule has 1 spiro atoms. The summed E-state index contributed by atoms with van der Waals surface area (Å²) in [4.78, 5) is 10.1. The predicted molar refractivity (Wildman–Crippen MR) is 102 cm³/mol. The molecule has 0 aliphatic carbocycles. The second kappa shape index (κ2) is 6.78. The van der Waals surface area contributed by atoms with Gasteiger partial charge in [0, 0.05) is 37.8 Å². The van der Waals surface area contributed by atoms with E-state index < -0.39 is 0 Å². The number of benzene rings is 1. The summed E-state index contributed by atoms with van der Waals surface area (Å²) in [5, 5.41) is 0. The van der Waals surface area contributed by atoms with Crippen LogP contribution in [0.15, 0.2) is 30.5 Å². The Bertz CT molecular complexity index is 774. The summed E-state index contributed by atoms with van der Waals surface area (Å²) in [7, 11) is 0. The van der Waals surface area contributed by atoms with E-state index >= 15 is 0 Å². The Morgan fingerprint density at radius 1 is 1.15 bits per heavy atom. The number of likely N-dealkylation sites (N-methyl/N-ethyl adjacent to an activating group) is 1. The molecule has 1 aromatic carbocycles. The van der Waals surface area contributed by atoms with Crippen molar-refractivity contribution < 1.29 is 4.39 Å². The minimum absolute atomic E-state index is 0.0178. The molecule has 2 aromatic rings. The van der Waals surface area contributed by atoms with Crippen molar-refractivity contribution in [2.45, 2.75) is 51.7 Å². The van der Waals surface area contributed by atoms with Crippen molar-refractivity contribution in [3.63, 3.8) is 0 Å². The van der Waals surface area contributed by atoms with Crippen LogP contribution in [0.5, 0.6) is 0 Å². The zero-order valence-corrected chi connectivity index (χ0v) is 16.1. The van der Waals surface area contributed by atoms with E-state index in [0.29, 0.717) is 6.04 Å². The minimum atomic E-state index is -0.191. The van der Waals surface area contributed by atoms with Crippen LogP contribution in [-0.2, 0) is 12.1 Å². The SMILES string of the molecule is CCN1CCn2c(-c3cccc(F)c3)cnc2C12CCN(C(C)C)CC2. The Labute approximate surface area is 155 Å². The first-order valence-corrected chi connectivity index (χ1v) is 9.86. The summed E-state index contributed by atoms with van der Waals surface area (Å²) in [5.74, 6) is 0.984. The van der Waals surface area contributed by atoms with Crippen LogP contribution in [-0.4, -0.2) is 51.6 Å². The van der Waals surface area contributed by atoms with Crippen molar-refractivity contribution >= 4 is 0 Å². The van der Waals surface area contributed by atoms with E-state index in [1.807, 2.05) is 12.3 Å². The number of nitrogens with zero attached hydrogens (tertiary/aromatic N) is 4. The molecule has 4 nitrogen and oxygen atoms in total. The van der Waals surface area contributed by atoms with Crippen LogP contribution in [0.2, 0.25) is 0 Å². The zero-order chi connectivity index (χ0) is 18.3. The fourth-order valence-electron chi connectivity index (χ4n) is 4.84. The van der Waals surface area contributed by atoms with Gasteiger partial charge in [-0.05, 0) is 45.4 Å². The molecule has 0 atom stereocenters. The van der Waals surface area contributed by atoms with Gasteiger partial charge in [0.05, 0.1) is 17.4 Å². The van der Waals surface area contributed by atoms with Crippen LogP contribution in [0.3, 0.4) is 0 Å². The van der Waals surface area contributed by atoms with Gasteiger partial charge in [-0.3, -0.25) is 4.90 Å². The maximum Gasteiger partial charge on any atom is 0.129 e. The molecule has 0 saturated carbocycles. The summed E-state index contributed by atoms with van der Waals surface area (Å²) in [5.41, 5.74) is 1.98. The first-order valence-electron chi connectivity index (χ1n) is 9.86. The Balaban J connectivity index is 1.73. The summed E-state index contributed by atoms with van der Waals surface area (Å²) in [6, 6.07) is 7.47. The van der Waals surface area contributed by atoms with E-state index in [0.717, 1.165) is 56.8 Å². The fourth-order valence-corrected chi connectivity index (χ4v) is 4.84. The van der Waals surface area contributed by atoms with Crippen molar-refractivity contribution in [1.29, 1.82) is 0 Å². The molecule has 0 amide bonds. The quantitative estimate of drug-likeness (QED) is 0.838. The summed E-state index contributed by atoms with van der Waals surface area (Å²) in [6.07, 6.45) is 4.16. The number of likely N-dealkylation sites (tertiary alicyclic amines) is 1. The Hall–Kier alpha value is -1.72. The average molecular weight is 356 g/mol. The van der Waals surface area contributed by atoms with Gasteiger partial charge in [0.25, 0.3) is 0 Å². The number of imidazole rings is 1. The first-order chi connectivity index (χ1) is 12.5. The Morgan fingerprint density at radius 3 is 2.58 bits per heavy atom. The molecule has 140 valence electrons. The molecule has 0 N–H and O–H groups in total. The lowest BCUT2D eigenvalue weighted by Crippen LogP contribution is -2.58. The molecule has 0 unspecified atom stereocenters. The van der Waals surface area contributed by atoms with Crippen LogP contribution >= 0.6 is 0 Å². The van der Waals surface area contributed by atoms with Crippen molar-refractivity contribution in [2.75, 3.05) is 26.2 Å². The van der Waals surface area contributed by atoms with Gasteiger partial charge in [0.15, 0.2) is 0 Å². The minimum Gasteiger partial charge on any atom is -0.325 e. The normalized spacial score (nSPS) is 20.7. The predicted octanol–water partition coefficient (Wildman–Crippen LogP) is 3.72. The van der Waals surface area contributed by atoms with Crippen molar-refractivity contribution in [3.05, 3.63) is 42.1 Å². The van der Waals surface area contributed by atoms with Gasteiger partial charge in [0.2, 0.25) is 0 Å². The molecule has 0 radical (unpaired) electrons. The molecule has 4 rings (SSSR count). The third-order valence-electron chi connectivity index (χ3n) is 6.33. The number of hydrogen-bond acceptors (Lipinski definition) is 3. The average Bonchev–Trinajstić information content (AvgIpc) is 3.08. The maximum absolute atomic E-state index is 13.7. The van der Waals surface area contributed by atoms with Crippen LogP contribution < -0.4 is 0 Å². The van der Waals surface area contributed by atoms with E-state index in [-0.39, 0.29) is 11.4 Å². The van der Waals surface area contributed by atoms with Gasteiger partial charge in [-0.1, -0.05) is 19.1 Å². The number of fused-ring (bicyclic) bond motifs is 2. The van der Waals surface area contributed by atoms with Gasteiger partial charge in [-0.15, -0.1) is 0 Å². The summed E-state index contributed by atoms with van der Waals surface area (Å²) >= 11 is 0. The first kappa shape index (κ1) is 17.7. The maximum atomic E-state index is 13.7. The van der Waals surface area contributed by atoms with Crippen LogP contribution in [0.25, 0.3) is 11.3 Å². The van der Waals surface area contributed by atoms with Gasteiger partial charge < -0.3 is 9.47 Å². The molecule has 26 heavy (non-hydrogen) atoms. The molecule has 1 aromatic heterocycles. The van der Waals surface area contributed by atoms with Crippen LogP contribution in [0, 0.1) is 5.82 Å². The second-order valence-electron chi connectivity index (χ2n) is 7.87. The molecule has 3 heterocycles. The molecule has 1 fully saturated rings. The molecule has 1 saturated heterocycles. The van der Waals surface area contributed by atoms with Crippen molar-refractivity contribution in [1.82, 2.24) is 19.4 Å². The third kappa shape index (κ3) is 2.78. The lowest BCUT2D eigenvalue weighted by molar-refractivity contribution is -0.0127. The summed E-state index contributed by atoms with van der Waals surface area (Å²) < 4.78 is 16.1. The second-order valence-corrected chi connectivity index (χ2v) is 7.87. The monoisotopic (exact) mass is 356 g/mol. The van der Waals surface area contributed by atoms with Gasteiger partial charge in [0.1, 0.15) is 11.6 Å². The lowest BCUT2D eigenvalue weighted by atomic mass is 9.82. The zero-order valence-electron chi connectivity index (χ0n) is 16.1. The van der Waals surface area contributed by atoms with E-state index in [4.69, 9.17) is 4.98 Å². The van der Waals surface area contributed by atoms with Gasteiger partial charge in [-0.25, -0.2) is 9.37 Å². The molecule has 2 aliphatic heterocycles. The number of halogens is 1. The molecule has 0 bridgehead atoms. The van der Waals surface area contributed by atoms with Gasteiger partial charge >= 0.3 is 0 Å². The standard InChI is InChI=1S/C21H29FN4/c1-4-25-12-13-26-19(17-6-5-7-18(22)14-17)15-23-20(26)21(25)8-10-24(11-9-21)16(2)3/h5-7,14-16H,4,8-13H2,1-3H3. The number of aromatic nitrogens is 2. The number of piperidine rings is 1. The van der Waals surface area contributed by atoms with E-state index in [2.05, 4.69) is 35.1 Å². The Kier molecular flexibility index (Phi) is 4.61. The van der Waals surface area contributed by atoms with Gasteiger partial charge in [-0.2, -0.15) is 0 Å². The summed E-state index contributed by atoms with van der Waals surface area (Å²) in [6.45, 7) is 12.0. The van der Waals surface area contributed by atoms with E-state index in [1.54, 1.807) is 12.1 Å². The van der Waals surface area contributed by atoms with Crippen LogP contribution in [0.4, 0.5) is 4.39 Å². The molecule has 2 aliphatic rings. The topological polar surface area (TPSA) is 24.3 Å². The van der Waals surface area contributed by atoms with Crippen LogP contribution in [0.1, 0.15) is 39.4 Å². The highest BCUT2D eigenvalue weighted by Gasteiger charge is 2.46. The van der Waals surface area contributed by atoms with E-state index in [9.17, 15) is 4.39 Å². The highest BCUT2D eigenvalue weighted by Crippen LogP contribution is 2.42. The lowest BCUT2D eigenvalue weighted by Gasteiger charge is -2.51. The fraction of sp³-hybridized carbons (Fsp3) is 0.571.